The Labute approximate surface area is 148 Å². The van der Waals surface area contributed by atoms with E-state index in [1.807, 2.05) is 42.7 Å². The van der Waals surface area contributed by atoms with E-state index in [1.165, 1.54) is 0 Å². The fraction of sp³-hybridized carbons (Fsp3) is 0.444. The molecule has 0 amide bonds. The van der Waals surface area contributed by atoms with Gasteiger partial charge in [-0.3, -0.25) is 0 Å². The van der Waals surface area contributed by atoms with Crippen LogP contribution in [-0.2, 0) is 14.2 Å². The van der Waals surface area contributed by atoms with E-state index >= 15 is 0 Å². The SMILES string of the molecule is NCCOCCOCCOCCNc1ncc(-c2ccccc2)cn1. The Morgan fingerprint density at radius 2 is 1.36 bits per heavy atom. The number of nitrogens with two attached hydrogens (primary N) is 1. The minimum atomic E-state index is 0.537. The summed E-state index contributed by atoms with van der Waals surface area (Å²) in [6, 6.07) is 10.0. The molecule has 1 heterocycles. The number of nitrogens with one attached hydrogen (secondary N) is 1. The molecule has 1 aromatic heterocycles. The van der Waals surface area contributed by atoms with Gasteiger partial charge in [-0.15, -0.1) is 0 Å². The number of rotatable bonds is 13. The molecule has 136 valence electrons. The molecule has 2 aromatic rings. The minimum Gasteiger partial charge on any atom is -0.378 e. The molecule has 7 heteroatoms. The van der Waals surface area contributed by atoms with Gasteiger partial charge in [-0.05, 0) is 5.56 Å². The van der Waals surface area contributed by atoms with Gasteiger partial charge in [0.05, 0.1) is 39.6 Å². The van der Waals surface area contributed by atoms with Crippen LogP contribution in [-0.4, -0.2) is 62.7 Å². The van der Waals surface area contributed by atoms with Gasteiger partial charge in [-0.2, -0.15) is 0 Å². The number of hydrogen-bond acceptors (Lipinski definition) is 7. The lowest BCUT2D eigenvalue weighted by atomic mass is 10.1. The first-order valence-electron chi connectivity index (χ1n) is 8.45. The second-order valence-corrected chi connectivity index (χ2v) is 5.21. The van der Waals surface area contributed by atoms with E-state index in [1.54, 1.807) is 0 Å². The quantitative estimate of drug-likeness (QED) is 0.532. The molecule has 7 nitrogen and oxygen atoms in total. The number of nitrogens with zero attached hydrogens (tertiary/aromatic N) is 2. The normalized spacial score (nSPS) is 10.8. The summed E-state index contributed by atoms with van der Waals surface area (Å²) in [5, 5.41) is 3.13. The van der Waals surface area contributed by atoms with Crippen molar-refractivity contribution in [1.29, 1.82) is 0 Å². The molecule has 0 radical (unpaired) electrons. The van der Waals surface area contributed by atoms with Crippen LogP contribution in [0.1, 0.15) is 0 Å². The van der Waals surface area contributed by atoms with Crippen molar-refractivity contribution in [2.24, 2.45) is 5.73 Å². The highest BCUT2D eigenvalue weighted by molar-refractivity contribution is 5.61. The van der Waals surface area contributed by atoms with Crippen LogP contribution < -0.4 is 11.1 Å². The van der Waals surface area contributed by atoms with Gasteiger partial charge in [-0.1, -0.05) is 30.3 Å². The predicted molar refractivity (Wildman–Crippen MR) is 97.5 cm³/mol. The molecule has 0 bridgehead atoms. The monoisotopic (exact) mass is 346 g/mol. The van der Waals surface area contributed by atoms with Crippen molar-refractivity contribution in [2.75, 3.05) is 58.0 Å². The van der Waals surface area contributed by atoms with Crippen molar-refractivity contribution in [3.05, 3.63) is 42.7 Å². The Morgan fingerprint density at radius 3 is 2.00 bits per heavy atom. The molecule has 0 spiro atoms. The van der Waals surface area contributed by atoms with E-state index in [-0.39, 0.29) is 0 Å². The minimum absolute atomic E-state index is 0.537. The van der Waals surface area contributed by atoms with Crippen LogP contribution >= 0.6 is 0 Å². The first-order valence-corrected chi connectivity index (χ1v) is 8.45. The van der Waals surface area contributed by atoms with Gasteiger partial charge < -0.3 is 25.3 Å². The number of aromatic nitrogens is 2. The van der Waals surface area contributed by atoms with Gasteiger partial charge in [0, 0.05) is 31.0 Å². The molecule has 3 N–H and O–H groups in total. The van der Waals surface area contributed by atoms with E-state index < -0.39 is 0 Å². The zero-order chi connectivity index (χ0) is 17.6. The van der Waals surface area contributed by atoms with Crippen LogP contribution in [0.3, 0.4) is 0 Å². The average Bonchev–Trinajstić information content (AvgIpc) is 2.67. The molecule has 0 saturated carbocycles. The van der Waals surface area contributed by atoms with E-state index in [9.17, 15) is 0 Å². The fourth-order valence-corrected chi connectivity index (χ4v) is 2.06. The first-order chi connectivity index (χ1) is 12.4. The number of ether oxygens (including phenoxy) is 3. The van der Waals surface area contributed by atoms with Crippen molar-refractivity contribution < 1.29 is 14.2 Å². The topological polar surface area (TPSA) is 91.5 Å². The fourth-order valence-electron chi connectivity index (χ4n) is 2.06. The Hall–Kier alpha value is -2.06. The standard InChI is InChI=1S/C18H26N4O3/c19-6-8-23-10-12-25-13-11-24-9-7-20-18-21-14-17(15-22-18)16-4-2-1-3-5-16/h1-5,14-15H,6-13,19H2,(H,20,21,22). The Bertz CT molecular complexity index is 566. The molecule has 2 rings (SSSR count). The van der Waals surface area contributed by atoms with Crippen molar-refractivity contribution >= 4 is 5.95 Å². The molecule has 0 fully saturated rings. The maximum Gasteiger partial charge on any atom is 0.222 e. The summed E-state index contributed by atoms with van der Waals surface area (Å²) in [5.74, 6) is 0.594. The van der Waals surface area contributed by atoms with Crippen LogP contribution in [0, 0.1) is 0 Å². The van der Waals surface area contributed by atoms with E-state index in [2.05, 4.69) is 15.3 Å². The summed E-state index contributed by atoms with van der Waals surface area (Å²) in [6.45, 7) is 4.54. The van der Waals surface area contributed by atoms with Crippen molar-refractivity contribution in [2.45, 2.75) is 0 Å². The Kier molecular flexibility index (Phi) is 9.50. The second kappa shape index (κ2) is 12.3. The lowest BCUT2D eigenvalue weighted by Crippen LogP contribution is -2.15. The third kappa shape index (κ3) is 8.04. The van der Waals surface area contributed by atoms with Crippen molar-refractivity contribution in [3.8, 4) is 11.1 Å². The summed E-state index contributed by atoms with van der Waals surface area (Å²) in [7, 11) is 0. The molecule has 0 aliphatic carbocycles. The van der Waals surface area contributed by atoms with Crippen molar-refractivity contribution in [1.82, 2.24) is 9.97 Å². The van der Waals surface area contributed by atoms with Crippen LogP contribution in [0.4, 0.5) is 5.95 Å². The van der Waals surface area contributed by atoms with Gasteiger partial charge in [0.2, 0.25) is 5.95 Å². The lowest BCUT2D eigenvalue weighted by molar-refractivity contribution is 0.0179. The predicted octanol–water partition coefficient (Wildman–Crippen LogP) is 1.56. The van der Waals surface area contributed by atoms with Crippen LogP contribution in [0.5, 0.6) is 0 Å². The molecule has 0 aliphatic heterocycles. The highest BCUT2D eigenvalue weighted by Crippen LogP contribution is 2.16. The summed E-state index contributed by atoms with van der Waals surface area (Å²) in [4.78, 5) is 8.63. The summed E-state index contributed by atoms with van der Waals surface area (Å²) < 4.78 is 16.0. The maximum absolute atomic E-state index is 5.47. The number of hydrogen-bond donors (Lipinski definition) is 2. The zero-order valence-corrected chi connectivity index (χ0v) is 14.4. The van der Waals surface area contributed by atoms with Gasteiger partial charge >= 0.3 is 0 Å². The van der Waals surface area contributed by atoms with E-state index in [0.717, 1.165) is 11.1 Å². The van der Waals surface area contributed by atoms with Crippen LogP contribution in [0.2, 0.25) is 0 Å². The van der Waals surface area contributed by atoms with Crippen LogP contribution in [0.25, 0.3) is 11.1 Å². The third-order valence-corrected chi connectivity index (χ3v) is 3.29. The molecule has 0 unspecified atom stereocenters. The molecule has 0 atom stereocenters. The molecule has 1 aromatic carbocycles. The Morgan fingerprint density at radius 1 is 0.760 bits per heavy atom. The first kappa shape index (κ1) is 19.3. The summed E-state index contributed by atoms with van der Waals surface area (Å²) in [6.07, 6.45) is 3.62. The maximum atomic E-state index is 5.47. The highest BCUT2D eigenvalue weighted by atomic mass is 16.5. The zero-order valence-electron chi connectivity index (χ0n) is 14.4. The summed E-state index contributed by atoms with van der Waals surface area (Å²) in [5.41, 5.74) is 7.41. The van der Waals surface area contributed by atoms with Gasteiger partial charge in [0.15, 0.2) is 0 Å². The summed E-state index contributed by atoms with van der Waals surface area (Å²) >= 11 is 0. The second-order valence-electron chi connectivity index (χ2n) is 5.21. The molecule has 25 heavy (non-hydrogen) atoms. The van der Waals surface area contributed by atoms with E-state index in [0.29, 0.717) is 58.7 Å². The molecule has 0 aliphatic rings. The molecular weight excluding hydrogens is 320 g/mol. The molecular formula is C18H26N4O3. The largest absolute Gasteiger partial charge is 0.378 e. The van der Waals surface area contributed by atoms with Gasteiger partial charge in [-0.25, -0.2) is 9.97 Å². The number of anilines is 1. The van der Waals surface area contributed by atoms with Gasteiger partial charge in [0.25, 0.3) is 0 Å². The smallest absolute Gasteiger partial charge is 0.222 e. The van der Waals surface area contributed by atoms with Crippen molar-refractivity contribution in [3.63, 3.8) is 0 Å². The van der Waals surface area contributed by atoms with E-state index in [4.69, 9.17) is 19.9 Å². The Balaban J connectivity index is 1.51. The highest BCUT2D eigenvalue weighted by Gasteiger charge is 1.99. The lowest BCUT2D eigenvalue weighted by Gasteiger charge is -2.08. The van der Waals surface area contributed by atoms with Crippen LogP contribution in [0.15, 0.2) is 42.7 Å². The van der Waals surface area contributed by atoms with Gasteiger partial charge in [0.1, 0.15) is 0 Å². The average molecular weight is 346 g/mol. The third-order valence-electron chi connectivity index (χ3n) is 3.29. The molecule has 0 saturated heterocycles. The number of benzene rings is 1.